The minimum absolute atomic E-state index is 0.216. The van der Waals surface area contributed by atoms with Crippen molar-refractivity contribution in [3.63, 3.8) is 0 Å². The first-order valence-corrected chi connectivity index (χ1v) is 10.8. The number of ketones is 1. The standard InChI is InChI=1S/C27H22ClNO3/c1-2-24(32-25-14-8-12-18-9-6-7-13-21(18)25)27(31)29-23-16-15-20(28)17-22(23)26(30)19-10-4-3-5-11-19/h3-17,24H,2H2,1H3,(H,29,31). The van der Waals surface area contributed by atoms with Gasteiger partial charge in [0.05, 0.1) is 5.69 Å². The van der Waals surface area contributed by atoms with Crippen LogP contribution in [-0.2, 0) is 4.79 Å². The highest BCUT2D eigenvalue weighted by Crippen LogP contribution is 2.28. The van der Waals surface area contributed by atoms with E-state index in [2.05, 4.69) is 5.32 Å². The monoisotopic (exact) mass is 443 g/mol. The number of nitrogens with one attached hydrogen (secondary N) is 1. The highest BCUT2D eigenvalue weighted by atomic mass is 35.5. The number of carbonyl (C=O) groups is 2. The van der Waals surface area contributed by atoms with Crippen molar-refractivity contribution in [2.24, 2.45) is 0 Å². The molecule has 5 heteroatoms. The summed E-state index contributed by atoms with van der Waals surface area (Å²) in [5.74, 6) is 0.0954. The van der Waals surface area contributed by atoms with Crippen molar-refractivity contribution in [1.82, 2.24) is 0 Å². The summed E-state index contributed by atoms with van der Waals surface area (Å²) in [7, 11) is 0. The molecule has 1 unspecified atom stereocenters. The number of amides is 1. The topological polar surface area (TPSA) is 55.4 Å². The molecular formula is C27H22ClNO3. The van der Waals surface area contributed by atoms with E-state index >= 15 is 0 Å². The van der Waals surface area contributed by atoms with Crippen molar-refractivity contribution in [2.75, 3.05) is 5.32 Å². The maximum Gasteiger partial charge on any atom is 0.265 e. The summed E-state index contributed by atoms with van der Waals surface area (Å²) >= 11 is 6.15. The van der Waals surface area contributed by atoms with Crippen molar-refractivity contribution < 1.29 is 14.3 Å². The molecule has 0 spiro atoms. The van der Waals surface area contributed by atoms with Gasteiger partial charge in [-0.25, -0.2) is 0 Å². The fourth-order valence-electron chi connectivity index (χ4n) is 3.55. The van der Waals surface area contributed by atoms with Crippen molar-refractivity contribution in [3.05, 3.63) is 107 Å². The van der Waals surface area contributed by atoms with E-state index in [4.69, 9.17) is 16.3 Å². The zero-order valence-electron chi connectivity index (χ0n) is 17.5. The highest BCUT2D eigenvalue weighted by molar-refractivity contribution is 6.31. The normalized spacial score (nSPS) is 11.7. The SMILES string of the molecule is CCC(Oc1cccc2ccccc12)C(=O)Nc1ccc(Cl)cc1C(=O)c1ccccc1. The zero-order chi connectivity index (χ0) is 22.5. The van der Waals surface area contributed by atoms with Crippen LogP contribution in [0, 0.1) is 0 Å². The lowest BCUT2D eigenvalue weighted by atomic mass is 10.0. The Morgan fingerprint density at radius 2 is 1.62 bits per heavy atom. The molecule has 0 aliphatic heterocycles. The molecule has 0 radical (unpaired) electrons. The van der Waals surface area contributed by atoms with Crippen LogP contribution >= 0.6 is 11.6 Å². The molecule has 0 bridgehead atoms. The number of fused-ring (bicyclic) bond motifs is 1. The number of hydrogen-bond donors (Lipinski definition) is 1. The van der Waals surface area contributed by atoms with Gasteiger partial charge in [0, 0.05) is 21.5 Å². The van der Waals surface area contributed by atoms with Gasteiger partial charge in [-0.05, 0) is 36.1 Å². The van der Waals surface area contributed by atoms with Crippen LogP contribution in [0.5, 0.6) is 5.75 Å². The second-order valence-corrected chi connectivity index (χ2v) is 7.80. The number of ether oxygens (including phenoxy) is 1. The fourth-order valence-corrected chi connectivity index (χ4v) is 3.72. The van der Waals surface area contributed by atoms with E-state index in [1.54, 1.807) is 42.5 Å². The second kappa shape index (κ2) is 9.67. The Bertz CT molecular complexity index is 1270. The average molecular weight is 444 g/mol. The number of hydrogen-bond acceptors (Lipinski definition) is 3. The van der Waals surface area contributed by atoms with Crippen LogP contribution in [-0.4, -0.2) is 17.8 Å². The van der Waals surface area contributed by atoms with Crippen LogP contribution < -0.4 is 10.1 Å². The van der Waals surface area contributed by atoms with Crippen LogP contribution in [0.15, 0.2) is 91.0 Å². The van der Waals surface area contributed by atoms with E-state index in [1.165, 1.54) is 0 Å². The smallest absolute Gasteiger partial charge is 0.265 e. The van der Waals surface area contributed by atoms with Gasteiger partial charge in [-0.3, -0.25) is 9.59 Å². The molecule has 0 saturated carbocycles. The Kier molecular flexibility index (Phi) is 6.52. The highest BCUT2D eigenvalue weighted by Gasteiger charge is 2.22. The Labute approximate surface area is 191 Å². The summed E-state index contributed by atoms with van der Waals surface area (Å²) < 4.78 is 6.10. The lowest BCUT2D eigenvalue weighted by molar-refractivity contribution is -0.122. The molecule has 4 aromatic carbocycles. The summed E-state index contributed by atoms with van der Waals surface area (Å²) in [5, 5.41) is 5.26. The van der Waals surface area contributed by atoms with Gasteiger partial charge in [0.15, 0.2) is 11.9 Å². The first-order chi connectivity index (χ1) is 15.6. The lowest BCUT2D eigenvalue weighted by Gasteiger charge is -2.19. The molecule has 0 aliphatic rings. The van der Waals surface area contributed by atoms with Crippen molar-refractivity contribution in [1.29, 1.82) is 0 Å². The minimum atomic E-state index is -0.726. The van der Waals surface area contributed by atoms with E-state index in [9.17, 15) is 9.59 Å². The molecule has 0 aliphatic carbocycles. The molecule has 160 valence electrons. The number of anilines is 1. The van der Waals surface area contributed by atoms with Crippen molar-refractivity contribution >= 4 is 39.8 Å². The Morgan fingerprint density at radius 1 is 0.906 bits per heavy atom. The number of benzene rings is 4. The number of halogens is 1. The number of rotatable bonds is 7. The summed E-state index contributed by atoms with van der Waals surface area (Å²) in [5.41, 5.74) is 1.24. The summed E-state index contributed by atoms with van der Waals surface area (Å²) in [6.07, 6.45) is -0.263. The Hall–Kier alpha value is -3.63. The summed E-state index contributed by atoms with van der Waals surface area (Å²) in [4.78, 5) is 26.1. The molecule has 4 aromatic rings. The van der Waals surface area contributed by atoms with Crippen LogP contribution in [0.25, 0.3) is 10.8 Å². The molecule has 1 N–H and O–H groups in total. The quantitative estimate of drug-likeness (QED) is 0.331. The first-order valence-electron chi connectivity index (χ1n) is 10.4. The van der Waals surface area contributed by atoms with Gasteiger partial charge in [-0.1, -0.05) is 85.3 Å². The largest absolute Gasteiger partial charge is 0.480 e. The van der Waals surface area contributed by atoms with Crippen LogP contribution in [0.3, 0.4) is 0 Å². The number of carbonyl (C=O) groups excluding carboxylic acids is 2. The Balaban J connectivity index is 1.59. The van der Waals surface area contributed by atoms with E-state index in [0.717, 1.165) is 10.8 Å². The molecule has 0 saturated heterocycles. The first kappa shape index (κ1) is 21.6. The van der Waals surface area contributed by atoms with Gasteiger partial charge < -0.3 is 10.1 Å². The maximum absolute atomic E-state index is 13.1. The third kappa shape index (κ3) is 4.66. The molecule has 4 rings (SSSR count). The van der Waals surface area contributed by atoms with Crippen molar-refractivity contribution in [3.8, 4) is 5.75 Å². The van der Waals surface area contributed by atoms with Gasteiger partial charge >= 0.3 is 0 Å². The molecular weight excluding hydrogens is 422 g/mol. The lowest BCUT2D eigenvalue weighted by Crippen LogP contribution is -2.33. The minimum Gasteiger partial charge on any atom is -0.480 e. The molecule has 0 aromatic heterocycles. The molecule has 0 heterocycles. The molecule has 4 nitrogen and oxygen atoms in total. The predicted molar refractivity (Wildman–Crippen MR) is 129 cm³/mol. The van der Waals surface area contributed by atoms with Gasteiger partial charge in [-0.15, -0.1) is 0 Å². The fraction of sp³-hybridized carbons (Fsp3) is 0.111. The Morgan fingerprint density at radius 3 is 2.41 bits per heavy atom. The molecule has 32 heavy (non-hydrogen) atoms. The van der Waals surface area contributed by atoms with Gasteiger partial charge in [-0.2, -0.15) is 0 Å². The van der Waals surface area contributed by atoms with Crippen LogP contribution in [0.4, 0.5) is 5.69 Å². The zero-order valence-corrected chi connectivity index (χ0v) is 18.3. The second-order valence-electron chi connectivity index (χ2n) is 7.37. The molecule has 1 amide bonds. The van der Waals surface area contributed by atoms with E-state index in [0.29, 0.717) is 34.0 Å². The van der Waals surface area contributed by atoms with Gasteiger partial charge in [0.2, 0.25) is 0 Å². The van der Waals surface area contributed by atoms with Crippen LogP contribution in [0.1, 0.15) is 29.3 Å². The van der Waals surface area contributed by atoms with Gasteiger partial charge in [0.25, 0.3) is 5.91 Å². The third-order valence-corrected chi connectivity index (χ3v) is 5.44. The molecule has 0 fully saturated rings. The van der Waals surface area contributed by atoms with Crippen molar-refractivity contribution in [2.45, 2.75) is 19.4 Å². The molecule has 1 atom stereocenters. The predicted octanol–water partition coefficient (Wildman–Crippen LogP) is 6.52. The average Bonchev–Trinajstić information content (AvgIpc) is 2.83. The summed E-state index contributed by atoms with van der Waals surface area (Å²) in [6.45, 7) is 1.88. The van der Waals surface area contributed by atoms with E-state index in [1.807, 2.05) is 55.5 Å². The summed E-state index contributed by atoms with van der Waals surface area (Å²) in [6, 6.07) is 27.3. The van der Waals surface area contributed by atoms with E-state index in [-0.39, 0.29) is 11.7 Å². The van der Waals surface area contributed by atoms with Crippen LogP contribution in [0.2, 0.25) is 5.02 Å². The maximum atomic E-state index is 13.1. The third-order valence-electron chi connectivity index (χ3n) is 5.20. The van der Waals surface area contributed by atoms with Gasteiger partial charge in [0.1, 0.15) is 5.75 Å². The van der Waals surface area contributed by atoms with E-state index < -0.39 is 6.10 Å².